The molecule has 0 aliphatic rings. The van der Waals surface area contributed by atoms with Crippen LogP contribution in [0.2, 0.25) is 10.0 Å². The van der Waals surface area contributed by atoms with Crippen molar-refractivity contribution in [2.45, 2.75) is 32.9 Å². The molecule has 5 heteroatoms. The second-order valence-electron chi connectivity index (χ2n) is 4.85. The third-order valence-corrected chi connectivity index (χ3v) is 3.92. The number of aromatic nitrogens is 2. The van der Waals surface area contributed by atoms with Crippen LogP contribution < -0.4 is 5.32 Å². The number of rotatable bonds is 5. The fourth-order valence-corrected chi connectivity index (χ4v) is 2.95. The van der Waals surface area contributed by atoms with Crippen LogP contribution in [0, 0.1) is 6.92 Å². The quantitative estimate of drug-likeness (QED) is 0.896. The maximum Gasteiger partial charge on any atom is 0.0837 e. The van der Waals surface area contributed by atoms with Crippen molar-refractivity contribution in [3.05, 3.63) is 51.3 Å². The van der Waals surface area contributed by atoms with E-state index in [1.807, 2.05) is 30.8 Å². The van der Waals surface area contributed by atoms with E-state index in [4.69, 9.17) is 23.2 Å². The van der Waals surface area contributed by atoms with Gasteiger partial charge in [-0.1, -0.05) is 42.3 Å². The zero-order chi connectivity index (χ0) is 14.7. The van der Waals surface area contributed by atoms with Gasteiger partial charge in [-0.15, -0.1) is 0 Å². The van der Waals surface area contributed by atoms with Crippen LogP contribution in [0.4, 0.5) is 0 Å². The molecule has 108 valence electrons. The zero-order valence-corrected chi connectivity index (χ0v) is 13.5. The first kappa shape index (κ1) is 15.4. The van der Waals surface area contributed by atoms with Crippen LogP contribution in [0.25, 0.3) is 0 Å². The summed E-state index contributed by atoms with van der Waals surface area (Å²) in [6.07, 6.45) is 2.70. The van der Waals surface area contributed by atoms with Gasteiger partial charge in [0.05, 0.1) is 23.0 Å². The summed E-state index contributed by atoms with van der Waals surface area (Å²) in [6, 6.07) is 6.00. The molecule has 1 aromatic carbocycles. The molecule has 1 heterocycles. The molecule has 0 saturated carbocycles. The monoisotopic (exact) mass is 311 g/mol. The Bertz CT molecular complexity index is 593. The minimum Gasteiger partial charge on any atom is -0.308 e. The van der Waals surface area contributed by atoms with Crippen LogP contribution in [-0.4, -0.2) is 16.8 Å². The van der Waals surface area contributed by atoms with Gasteiger partial charge in [0.25, 0.3) is 0 Å². The molecular formula is C15H19Cl2N3. The first-order valence-electron chi connectivity index (χ1n) is 6.73. The van der Waals surface area contributed by atoms with E-state index in [2.05, 4.69) is 23.4 Å². The van der Waals surface area contributed by atoms with Gasteiger partial charge in [0, 0.05) is 11.6 Å². The van der Waals surface area contributed by atoms with Crippen molar-refractivity contribution in [3.8, 4) is 0 Å². The summed E-state index contributed by atoms with van der Waals surface area (Å²) in [4.78, 5) is 0. The smallest absolute Gasteiger partial charge is 0.0837 e. The fourth-order valence-electron chi connectivity index (χ4n) is 2.35. The van der Waals surface area contributed by atoms with Gasteiger partial charge >= 0.3 is 0 Å². The molecule has 1 atom stereocenters. The number of hydrogen-bond donors (Lipinski definition) is 1. The van der Waals surface area contributed by atoms with Crippen molar-refractivity contribution in [2.75, 3.05) is 7.05 Å². The Labute approximate surface area is 129 Å². The molecule has 0 spiro atoms. The molecule has 3 nitrogen and oxygen atoms in total. The Morgan fingerprint density at radius 1 is 1.30 bits per heavy atom. The van der Waals surface area contributed by atoms with Crippen molar-refractivity contribution < 1.29 is 0 Å². The van der Waals surface area contributed by atoms with Crippen LogP contribution in [0.15, 0.2) is 24.4 Å². The van der Waals surface area contributed by atoms with E-state index in [9.17, 15) is 0 Å². The van der Waals surface area contributed by atoms with Gasteiger partial charge in [-0.25, -0.2) is 0 Å². The number of nitrogens with one attached hydrogen (secondary N) is 1. The zero-order valence-electron chi connectivity index (χ0n) is 12.0. The lowest BCUT2D eigenvalue weighted by atomic mass is 10.0. The highest BCUT2D eigenvalue weighted by molar-refractivity contribution is 6.32. The summed E-state index contributed by atoms with van der Waals surface area (Å²) < 4.78 is 1.94. The molecule has 20 heavy (non-hydrogen) atoms. The molecule has 1 aromatic heterocycles. The Hall–Kier alpha value is -1.03. The maximum atomic E-state index is 6.39. The van der Waals surface area contributed by atoms with Crippen molar-refractivity contribution in [1.82, 2.24) is 15.1 Å². The van der Waals surface area contributed by atoms with Crippen molar-refractivity contribution >= 4 is 23.2 Å². The molecule has 2 aromatic rings. The van der Waals surface area contributed by atoms with Crippen LogP contribution in [0.3, 0.4) is 0 Å². The second-order valence-corrected chi connectivity index (χ2v) is 5.66. The molecule has 1 unspecified atom stereocenters. The van der Waals surface area contributed by atoms with E-state index < -0.39 is 0 Å². The SMILES string of the molecule is CCCn1ncc(Cl)c1C(NC)c1ccc(C)cc1Cl. The average Bonchev–Trinajstić information content (AvgIpc) is 2.75. The predicted molar refractivity (Wildman–Crippen MR) is 84.6 cm³/mol. The van der Waals surface area contributed by atoms with Crippen molar-refractivity contribution in [1.29, 1.82) is 0 Å². The highest BCUT2D eigenvalue weighted by Crippen LogP contribution is 2.32. The number of aryl methyl sites for hydroxylation is 2. The standard InChI is InChI=1S/C15H19Cl2N3/c1-4-7-20-15(13(17)9-19-20)14(18-3)11-6-5-10(2)8-12(11)16/h5-6,8-9,14,18H,4,7H2,1-3H3. The summed E-state index contributed by atoms with van der Waals surface area (Å²) in [5, 5.41) is 9.04. The minimum atomic E-state index is -0.0651. The molecule has 2 rings (SSSR count). The molecule has 1 N–H and O–H groups in total. The Balaban J connectivity index is 2.49. The second kappa shape index (κ2) is 6.61. The largest absolute Gasteiger partial charge is 0.308 e. The highest BCUT2D eigenvalue weighted by atomic mass is 35.5. The number of hydrogen-bond acceptors (Lipinski definition) is 2. The predicted octanol–water partition coefficient (Wildman–Crippen LogP) is 4.22. The Kier molecular flexibility index (Phi) is 5.08. The summed E-state index contributed by atoms with van der Waals surface area (Å²) in [7, 11) is 1.90. The highest BCUT2D eigenvalue weighted by Gasteiger charge is 2.22. The van der Waals surface area contributed by atoms with Crippen molar-refractivity contribution in [3.63, 3.8) is 0 Å². The van der Waals surface area contributed by atoms with E-state index in [1.54, 1.807) is 6.20 Å². The summed E-state index contributed by atoms with van der Waals surface area (Å²) >= 11 is 12.7. The summed E-state index contributed by atoms with van der Waals surface area (Å²) in [5.41, 5.74) is 3.11. The lowest BCUT2D eigenvalue weighted by Gasteiger charge is -2.20. The molecule has 0 aliphatic carbocycles. The van der Waals surface area contributed by atoms with E-state index in [-0.39, 0.29) is 6.04 Å². The van der Waals surface area contributed by atoms with Crippen LogP contribution in [0.5, 0.6) is 0 Å². The van der Waals surface area contributed by atoms with Gasteiger partial charge < -0.3 is 5.32 Å². The average molecular weight is 312 g/mol. The molecular weight excluding hydrogens is 293 g/mol. The molecule has 0 amide bonds. The van der Waals surface area contributed by atoms with E-state index in [0.29, 0.717) is 5.02 Å². The van der Waals surface area contributed by atoms with Gasteiger partial charge in [0.1, 0.15) is 0 Å². The first-order valence-corrected chi connectivity index (χ1v) is 7.48. The third-order valence-electron chi connectivity index (χ3n) is 3.30. The lowest BCUT2D eigenvalue weighted by Crippen LogP contribution is -2.22. The van der Waals surface area contributed by atoms with Gasteiger partial charge in [-0.05, 0) is 37.6 Å². The Morgan fingerprint density at radius 3 is 2.65 bits per heavy atom. The van der Waals surface area contributed by atoms with Gasteiger partial charge in [0.2, 0.25) is 0 Å². The van der Waals surface area contributed by atoms with Gasteiger partial charge in [-0.2, -0.15) is 5.10 Å². The lowest BCUT2D eigenvalue weighted by molar-refractivity contribution is 0.535. The first-order chi connectivity index (χ1) is 9.58. The minimum absolute atomic E-state index is 0.0651. The number of benzene rings is 1. The molecule has 0 aliphatic heterocycles. The van der Waals surface area contributed by atoms with Crippen LogP contribution in [-0.2, 0) is 6.54 Å². The van der Waals surface area contributed by atoms with E-state index in [0.717, 1.165) is 34.8 Å². The van der Waals surface area contributed by atoms with Crippen LogP contribution in [0.1, 0.15) is 36.2 Å². The van der Waals surface area contributed by atoms with Crippen molar-refractivity contribution in [2.24, 2.45) is 0 Å². The molecule has 0 fully saturated rings. The Morgan fingerprint density at radius 2 is 2.05 bits per heavy atom. The number of nitrogens with zero attached hydrogens (tertiary/aromatic N) is 2. The normalized spacial score (nSPS) is 12.7. The molecule has 0 bridgehead atoms. The van der Waals surface area contributed by atoms with E-state index >= 15 is 0 Å². The number of halogens is 2. The third kappa shape index (κ3) is 3.00. The van der Waals surface area contributed by atoms with E-state index in [1.165, 1.54) is 0 Å². The summed E-state index contributed by atoms with van der Waals surface area (Å²) in [5.74, 6) is 0. The fraction of sp³-hybridized carbons (Fsp3) is 0.400. The molecule has 0 saturated heterocycles. The topological polar surface area (TPSA) is 29.9 Å². The van der Waals surface area contributed by atoms with Gasteiger partial charge in [-0.3, -0.25) is 4.68 Å². The summed E-state index contributed by atoms with van der Waals surface area (Å²) in [6.45, 7) is 4.98. The van der Waals surface area contributed by atoms with Crippen LogP contribution >= 0.6 is 23.2 Å². The molecule has 0 radical (unpaired) electrons. The maximum absolute atomic E-state index is 6.39. The van der Waals surface area contributed by atoms with Gasteiger partial charge in [0.15, 0.2) is 0 Å².